The molecular formula is C26H32ClN3O4. The van der Waals surface area contributed by atoms with E-state index in [1.165, 1.54) is 31.9 Å². The lowest BCUT2D eigenvalue weighted by Gasteiger charge is -2.06. The number of halogens is 1. The molecule has 0 aromatic heterocycles. The monoisotopic (exact) mass is 485 g/mol. The summed E-state index contributed by atoms with van der Waals surface area (Å²) in [6, 6.07) is 13.1. The summed E-state index contributed by atoms with van der Waals surface area (Å²) in [7, 11) is 0. The number of hydrogen-bond donors (Lipinski definition) is 2. The predicted molar refractivity (Wildman–Crippen MR) is 134 cm³/mol. The van der Waals surface area contributed by atoms with Gasteiger partial charge in [-0.1, -0.05) is 69.2 Å². The number of carbonyl (C=O) groups is 3. The van der Waals surface area contributed by atoms with Gasteiger partial charge in [-0.05, 0) is 48.4 Å². The molecule has 0 aliphatic heterocycles. The Balaban J connectivity index is 1.67. The van der Waals surface area contributed by atoms with E-state index in [1.807, 2.05) is 0 Å². The first-order valence-corrected chi connectivity index (χ1v) is 12.0. The Morgan fingerprint density at radius 2 is 1.65 bits per heavy atom. The van der Waals surface area contributed by atoms with Gasteiger partial charge in [-0.3, -0.25) is 9.59 Å². The van der Waals surface area contributed by atoms with Crippen molar-refractivity contribution in [2.75, 3.05) is 6.54 Å². The summed E-state index contributed by atoms with van der Waals surface area (Å²) >= 11 is 5.83. The van der Waals surface area contributed by atoms with Crippen LogP contribution in [0.4, 0.5) is 0 Å². The van der Waals surface area contributed by atoms with Gasteiger partial charge in [0.05, 0.1) is 18.3 Å². The molecule has 0 fully saturated rings. The minimum Gasteiger partial charge on any atom is -0.423 e. The SMILES string of the molecule is CCCCCCCCCC(=O)NCC(=O)N/N=C/c1cccc(OC(=O)c2ccc(Cl)cc2)c1. The summed E-state index contributed by atoms with van der Waals surface area (Å²) in [5.41, 5.74) is 3.38. The second-order valence-corrected chi connectivity index (χ2v) is 8.35. The fourth-order valence-electron chi connectivity index (χ4n) is 3.14. The molecule has 7 nitrogen and oxygen atoms in total. The van der Waals surface area contributed by atoms with E-state index in [0.29, 0.717) is 28.3 Å². The Morgan fingerprint density at radius 1 is 0.941 bits per heavy atom. The minimum absolute atomic E-state index is 0.134. The number of benzene rings is 2. The van der Waals surface area contributed by atoms with Gasteiger partial charge in [0.2, 0.25) is 5.91 Å². The van der Waals surface area contributed by atoms with Gasteiger partial charge in [-0.15, -0.1) is 0 Å². The van der Waals surface area contributed by atoms with Crippen LogP contribution in [0.1, 0.15) is 74.2 Å². The van der Waals surface area contributed by atoms with Crippen LogP contribution in [0.15, 0.2) is 53.6 Å². The average Bonchev–Trinajstić information content (AvgIpc) is 2.83. The molecule has 34 heavy (non-hydrogen) atoms. The molecule has 0 atom stereocenters. The van der Waals surface area contributed by atoms with Crippen LogP contribution in [0.3, 0.4) is 0 Å². The maximum Gasteiger partial charge on any atom is 0.343 e. The molecule has 0 aliphatic carbocycles. The molecule has 2 N–H and O–H groups in total. The van der Waals surface area contributed by atoms with Gasteiger partial charge in [0.15, 0.2) is 0 Å². The maximum absolute atomic E-state index is 12.2. The summed E-state index contributed by atoms with van der Waals surface area (Å²) in [6.07, 6.45) is 9.81. The van der Waals surface area contributed by atoms with Crippen LogP contribution in [0.25, 0.3) is 0 Å². The van der Waals surface area contributed by atoms with E-state index in [2.05, 4.69) is 22.8 Å². The molecule has 0 spiro atoms. The van der Waals surface area contributed by atoms with Crippen molar-refractivity contribution in [1.29, 1.82) is 0 Å². The van der Waals surface area contributed by atoms with Crippen molar-refractivity contribution in [2.24, 2.45) is 5.10 Å². The van der Waals surface area contributed by atoms with Gasteiger partial charge in [0, 0.05) is 11.4 Å². The number of hydrazone groups is 1. The zero-order valence-electron chi connectivity index (χ0n) is 19.5. The average molecular weight is 486 g/mol. The smallest absolute Gasteiger partial charge is 0.343 e. The number of nitrogens with one attached hydrogen (secondary N) is 2. The van der Waals surface area contributed by atoms with E-state index in [9.17, 15) is 14.4 Å². The number of ether oxygens (including phenoxy) is 1. The normalized spacial score (nSPS) is 10.8. The summed E-state index contributed by atoms with van der Waals surface area (Å²) in [6.45, 7) is 2.05. The molecule has 0 radical (unpaired) electrons. The second kappa shape index (κ2) is 15.6. The zero-order chi connectivity index (χ0) is 24.6. The Labute approximate surface area is 205 Å². The third-order valence-electron chi connectivity index (χ3n) is 5.00. The highest BCUT2D eigenvalue weighted by molar-refractivity contribution is 6.30. The Kier molecular flexibility index (Phi) is 12.4. The molecule has 0 saturated heterocycles. The second-order valence-electron chi connectivity index (χ2n) is 7.91. The van der Waals surface area contributed by atoms with E-state index in [-0.39, 0.29) is 12.5 Å². The van der Waals surface area contributed by atoms with Crippen molar-refractivity contribution >= 4 is 35.6 Å². The first-order chi connectivity index (χ1) is 16.5. The van der Waals surface area contributed by atoms with Gasteiger partial charge in [0.25, 0.3) is 5.91 Å². The van der Waals surface area contributed by atoms with Gasteiger partial charge in [-0.2, -0.15) is 5.10 Å². The molecule has 0 bridgehead atoms. The highest BCUT2D eigenvalue weighted by Crippen LogP contribution is 2.16. The number of hydrogen-bond acceptors (Lipinski definition) is 5. The zero-order valence-corrected chi connectivity index (χ0v) is 20.3. The Morgan fingerprint density at radius 3 is 2.38 bits per heavy atom. The van der Waals surface area contributed by atoms with Crippen LogP contribution >= 0.6 is 11.6 Å². The molecule has 2 amide bonds. The van der Waals surface area contributed by atoms with Gasteiger partial charge in [0.1, 0.15) is 5.75 Å². The summed E-state index contributed by atoms with van der Waals surface area (Å²) in [4.78, 5) is 35.9. The number of carbonyl (C=O) groups excluding carboxylic acids is 3. The molecule has 8 heteroatoms. The minimum atomic E-state index is -0.508. The Hall–Kier alpha value is -3.19. The maximum atomic E-state index is 12.2. The molecule has 0 heterocycles. The van der Waals surface area contributed by atoms with Crippen molar-refractivity contribution in [2.45, 2.75) is 58.3 Å². The predicted octanol–water partition coefficient (Wildman–Crippen LogP) is 5.27. The topological polar surface area (TPSA) is 96.9 Å². The molecule has 0 aliphatic rings. The lowest BCUT2D eigenvalue weighted by molar-refractivity contribution is -0.126. The fraction of sp³-hybridized carbons (Fsp3) is 0.385. The van der Waals surface area contributed by atoms with Crippen LogP contribution in [0.2, 0.25) is 5.02 Å². The van der Waals surface area contributed by atoms with Crippen molar-refractivity contribution in [1.82, 2.24) is 10.7 Å². The van der Waals surface area contributed by atoms with Crippen LogP contribution in [-0.4, -0.2) is 30.5 Å². The molecule has 0 saturated carbocycles. The summed E-state index contributed by atoms with van der Waals surface area (Å²) in [5.74, 6) is -0.725. The van der Waals surface area contributed by atoms with E-state index in [4.69, 9.17) is 16.3 Å². The van der Waals surface area contributed by atoms with Gasteiger partial charge >= 0.3 is 5.97 Å². The lowest BCUT2D eigenvalue weighted by Crippen LogP contribution is -2.34. The number of nitrogens with zero attached hydrogens (tertiary/aromatic N) is 1. The fourth-order valence-corrected chi connectivity index (χ4v) is 3.26. The van der Waals surface area contributed by atoms with Crippen LogP contribution in [0, 0.1) is 0 Å². The van der Waals surface area contributed by atoms with Crippen LogP contribution in [-0.2, 0) is 9.59 Å². The van der Waals surface area contributed by atoms with Gasteiger partial charge in [-0.25, -0.2) is 10.2 Å². The number of esters is 1. The molecular weight excluding hydrogens is 454 g/mol. The van der Waals surface area contributed by atoms with Crippen molar-refractivity contribution in [3.63, 3.8) is 0 Å². The number of rotatable bonds is 14. The van der Waals surface area contributed by atoms with E-state index in [1.54, 1.807) is 48.5 Å². The number of unbranched alkanes of at least 4 members (excludes halogenated alkanes) is 6. The quantitative estimate of drug-likeness (QED) is 0.125. The third-order valence-corrected chi connectivity index (χ3v) is 5.26. The third kappa shape index (κ3) is 11.1. The highest BCUT2D eigenvalue weighted by Gasteiger charge is 2.09. The first kappa shape index (κ1) is 27.1. The van der Waals surface area contributed by atoms with Crippen LogP contribution in [0.5, 0.6) is 5.75 Å². The molecule has 0 unspecified atom stereocenters. The van der Waals surface area contributed by atoms with Crippen molar-refractivity contribution in [3.8, 4) is 5.75 Å². The van der Waals surface area contributed by atoms with E-state index in [0.717, 1.165) is 19.3 Å². The molecule has 2 rings (SSSR count). The van der Waals surface area contributed by atoms with E-state index >= 15 is 0 Å². The number of amides is 2. The first-order valence-electron chi connectivity index (χ1n) is 11.6. The summed E-state index contributed by atoms with van der Waals surface area (Å²) < 4.78 is 5.36. The highest BCUT2D eigenvalue weighted by atomic mass is 35.5. The molecule has 182 valence electrons. The molecule has 2 aromatic rings. The molecule has 2 aromatic carbocycles. The standard InChI is InChI=1S/C26H32ClN3O4/c1-2-3-4-5-6-7-8-12-24(31)28-19-25(32)30-29-18-20-10-9-11-23(17-20)34-26(33)21-13-15-22(27)16-14-21/h9-11,13-18H,2-8,12,19H2,1H3,(H,28,31)(H,30,32)/b29-18+. The largest absolute Gasteiger partial charge is 0.423 e. The Bertz CT molecular complexity index is 961. The van der Waals surface area contributed by atoms with Crippen molar-refractivity contribution < 1.29 is 19.1 Å². The summed E-state index contributed by atoms with van der Waals surface area (Å²) in [5, 5.41) is 7.02. The van der Waals surface area contributed by atoms with Crippen molar-refractivity contribution in [3.05, 3.63) is 64.7 Å². The lowest BCUT2D eigenvalue weighted by atomic mass is 10.1. The van der Waals surface area contributed by atoms with E-state index < -0.39 is 11.9 Å². The van der Waals surface area contributed by atoms with Gasteiger partial charge < -0.3 is 10.1 Å². The van der Waals surface area contributed by atoms with Crippen LogP contribution < -0.4 is 15.5 Å².